The molecule has 1 atom stereocenters. The molecule has 24 heavy (non-hydrogen) atoms. The SMILES string of the molecule is CCN(CCC1CCN(Cc2ccc(F)cc2)CC1)C(=O)[C@H](C)O. The zero-order chi connectivity index (χ0) is 17.5. The van der Waals surface area contributed by atoms with Gasteiger partial charge in [-0.15, -0.1) is 0 Å². The molecular formula is C19H29FN2O2. The predicted octanol–water partition coefficient (Wildman–Crippen LogP) is 2.66. The molecule has 0 spiro atoms. The van der Waals surface area contributed by atoms with Gasteiger partial charge in [-0.2, -0.15) is 0 Å². The molecule has 5 heteroatoms. The number of carbonyl (C=O) groups is 1. The number of hydrogen-bond acceptors (Lipinski definition) is 3. The number of amides is 1. The number of likely N-dealkylation sites (N-methyl/N-ethyl adjacent to an activating group) is 1. The van der Waals surface area contributed by atoms with Gasteiger partial charge in [-0.25, -0.2) is 4.39 Å². The van der Waals surface area contributed by atoms with E-state index >= 15 is 0 Å². The van der Waals surface area contributed by atoms with Gasteiger partial charge in [0.25, 0.3) is 5.91 Å². The van der Waals surface area contributed by atoms with Crippen molar-refractivity contribution in [3.8, 4) is 0 Å². The number of rotatable bonds is 7. The predicted molar refractivity (Wildman–Crippen MR) is 93.0 cm³/mol. The number of aliphatic hydroxyl groups excluding tert-OH is 1. The maximum Gasteiger partial charge on any atom is 0.251 e. The van der Waals surface area contributed by atoms with Crippen molar-refractivity contribution in [2.45, 2.75) is 45.8 Å². The normalized spacial score (nSPS) is 17.7. The first-order valence-electron chi connectivity index (χ1n) is 8.93. The smallest absolute Gasteiger partial charge is 0.251 e. The standard InChI is InChI=1S/C19H29FN2O2/c1-3-22(19(24)15(2)23)13-10-16-8-11-21(12-9-16)14-17-4-6-18(20)7-5-17/h4-7,15-16,23H,3,8-14H2,1-2H3/t15-/m0/s1. The summed E-state index contributed by atoms with van der Waals surface area (Å²) in [7, 11) is 0. The first kappa shape index (κ1) is 18.9. The van der Waals surface area contributed by atoms with Crippen LogP contribution < -0.4 is 0 Å². The summed E-state index contributed by atoms with van der Waals surface area (Å²) in [5.74, 6) is 0.265. The van der Waals surface area contributed by atoms with Crippen LogP contribution in [0.15, 0.2) is 24.3 Å². The van der Waals surface area contributed by atoms with Crippen LogP contribution in [-0.2, 0) is 11.3 Å². The molecule has 1 saturated heterocycles. The summed E-state index contributed by atoms with van der Waals surface area (Å²) in [4.78, 5) is 16.0. The Bertz CT molecular complexity index is 511. The van der Waals surface area contributed by atoms with E-state index in [9.17, 15) is 14.3 Å². The van der Waals surface area contributed by atoms with Gasteiger partial charge in [0, 0.05) is 19.6 Å². The molecule has 0 radical (unpaired) electrons. The van der Waals surface area contributed by atoms with E-state index in [1.807, 2.05) is 19.1 Å². The highest BCUT2D eigenvalue weighted by molar-refractivity contribution is 5.80. The largest absolute Gasteiger partial charge is 0.384 e. The van der Waals surface area contributed by atoms with Gasteiger partial charge in [0.1, 0.15) is 11.9 Å². The van der Waals surface area contributed by atoms with Crippen LogP contribution >= 0.6 is 0 Å². The van der Waals surface area contributed by atoms with E-state index in [1.54, 1.807) is 4.90 Å². The molecule has 1 fully saturated rings. The third-order valence-electron chi connectivity index (χ3n) is 4.88. The Labute approximate surface area is 144 Å². The van der Waals surface area contributed by atoms with Crippen molar-refractivity contribution in [2.75, 3.05) is 26.2 Å². The van der Waals surface area contributed by atoms with Crippen molar-refractivity contribution in [3.63, 3.8) is 0 Å². The number of benzene rings is 1. The Balaban J connectivity index is 1.72. The number of likely N-dealkylation sites (tertiary alicyclic amines) is 1. The lowest BCUT2D eigenvalue weighted by Crippen LogP contribution is -2.40. The van der Waals surface area contributed by atoms with Crippen LogP contribution in [0, 0.1) is 11.7 Å². The summed E-state index contributed by atoms with van der Waals surface area (Å²) >= 11 is 0. The third-order valence-corrected chi connectivity index (χ3v) is 4.88. The van der Waals surface area contributed by atoms with Crippen LogP contribution in [0.1, 0.15) is 38.7 Å². The second-order valence-corrected chi connectivity index (χ2v) is 6.73. The molecule has 4 nitrogen and oxygen atoms in total. The van der Waals surface area contributed by atoms with E-state index in [0.717, 1.165) is 51.0 Å². The maximum atomic E-state index is 12.9. The summed E-state index contributed by atoms with van der Waals surface area (Å²) < 4.78 is 12.9. The molecule has 0 unspecified atom stereocenters. The molecule has 1 aliphatic rings. The molecule has 0 aromatic heterocycles. The molecule has 1 amide bonds. The number of aliphatic hydroxyl groups is 1. The highest BCUT2D eigenvalue weighted by Crippen LogP contribution is 2.22. The molecule has 0 saturated carbocycles. The Morgan fingerprint density at radius 1 is 1.33 bits per heavy atom. The zero-order valence-electron chi connectivity index (χ0n) is 14.7. The van der Waals surface area contributed by atoms with Crippen molar-refractivity contribution >= 4 is 5.91 Å². The van der Waals surface area contributed by atoms with Gasteiger partial charge in [-0.1, -0.05) is 12.1 Å². The molecule has 134 valence electrons. The minimum Gasteiger partial charge on any atom is -0.384 e. The van der Waals surface area contributed by atoms with Crippen LogP contribution in [0.4, 0.5) is 4.39 Å². The lowest BCUT2D eigenvalue weighted by molar-refractivity contribution is -0.139. The summed E-state index contributed by atoms with van der Waals surface area (Å²) in [5, 5.41) is 9.43. The Morgan fingerprint density at radius 3 is 2.50 bits per heavy atom. The van der Waals surface area contributed by atoms with Gasteiger partial charge >= 0.3 is 0 Å². The highest BCUT2D eigenvalue weighted by Gasteiger charge is 2.22. The van der Waals surface area contributed by atoms with Gasteiger partial charge in [0.15, 0.2) is 0 Å². The van der Waals surface area contributed by atoms with Crippen LogP contribution in [-0.4, -0.2) is 53.1 Å². The second kappa shape index (κ2) is 9.14. The fraction of sp³-hybridized carbons (Fsp3) is 0.632. The average Bonchev–Trinajstić information content (AvgIpc) is 2.58. The fourth-order valence-electron chi connectivity index (χ4n) is 3.31. The van der Waals surface area contributed by atoms with Crippen LogP contribution in [0.2, 0.25) is 0 Å². The molecule has 1 N–H and O–H groups in total. The zero-order valence-corrected chi connectivity index (χ0v) is 14.7. The van der Waals surface area contributed by atoms with Crippen molar-refractivity contribution in [3.05, 3.63) is 35.6 Å². The number of carbonyl (C=O) groups excluding carboxylic acids is 1. The lowest BCUT2D eigenvalue weighted by atomic mass is 9.93. The average molecular weight is 336 g/mol. The number of nitrogens with zero attached hydrogens (tertiary/aromatic N) is 2. The van der Waals surface area contributed by atoms with Gasteiger partial charge < -0.3 is 10.0 Å². The fourth-order valence-corrected chi connectivity index (χ4v) is 3.31. The maximum absolute atomic E-state index is 12.9. The van der Waals surface area contributed by atoms with Gasteiger partial charge in [-0.3, -0.25) is 9.69 Å². The molecule has 0 bridgehead atoms. The van der Waals surface area contributed by atoms with Gasteiger partial charge in [0.2, 0.25) is 0 Å². The number of halogens is 1. The molecule has 1 aromatic rings. The van der Waals surface area contributed by atoms with Crippen LogP contribution in [0.25, 0.3) is 0 Å². The summed E-state index contributed by atoms with van der Waals surface area (Å²) in [6.07, 6.45) is 2.34. The lowest BCUT2D eigenvalue weighted by Gasteiger charge is -2.33. The summed E-state index contributed by atoms with van der Waals surface area (Å²) in [6.45, 7) is 7.80. The van der Waals surface area contributed by atoms with Crippen molar-refractivity contribution in [1.82, 2.24) is 9.80 Å². The highest BCUT2D eigenvalue weighted by atomic mass is 19.1. The molecule has 1 heterocycles. The molecule has 1 aromatic carbocycles. The molecule has 1 aliphatic heterocycles. The number of hydrogen-bond donors (Lipinski definition) is 1. The number of piperidine rings is 1. The Hall–Kier alpha value is -1.46. The Morgan fingerprint density at radius 2 is 1.96 bits per heavy atom. The third kappa shape index (κ3) is 5.56. The van der Waals surface area contributed by atoms with E-state index < -0.39 is 6.10 Å². The van der Waals surface area contributed by atoms with Crippen molar-refractivity contribution in [2.24, 2.45) is 5.92 Å². The van der Waals surface area contributed by atoms with E-state index in [4.69, 9.17) is 0 Å². The van der Waals surface area contributed by atoms with Crippen molar-refractivity contribution in [1.29, 1.82) is 0 Å². The van der Waals surface area contributed by atoms with E-state index in [1.165, 1.54) is 19.1 Å². The first-order valence-corrected chi connectivity index (χ1v) is 8.93. The quantitative estimate of drug-likeness (QED) is 0.832. The summed E-state index contributed by atoms with van der Waals surface area (Å²) in [6, 6.07) is 6.73. The van der Waals surface area contributed by atoms with E-state index in [-0.39, 0.29) is 11.7 Å². The molecule has 0 aliphatic carbocycles. The monoisotopic (exact) mass is 336 g/mol. The van der Waals surface area contributed by atoms with E-state index in [2.05, 4.69) is 4.90 Å². The molecular weight excluding hydrogens is 307 g/mol. The minimum atomic E-state index is -0.914. The van der Waals surface area contributed by atoms with Crippen molar-refractivity contribution < 1.29 is 14.3 Å². The Kier molecular flexibility index (Phi) is 7.18. The summed E-state index contributed by atoms with van der Waals surface area (Å²) in [5.41, 5.74) is 1.15. The second-order valence-electron chi connectivity index (χ2n) is 6.73. The van der Waals surface area contributed by atoms with Crippen LogP contribution in [0.3, 0.4) is 0 Å². The first-order chi connectivity index (χ1) is 11.5. The van der Waals surface area contributed by atoms with Gasteiger partial charge in [-0.05, 0) is 69.8 Å². The topological polar surface area (TPSA) is 43.8 Å². The molecule has 2 rings (SSSR count). The minimum absolute atomic E-state index is 0.175. The van der Waals surface area contributed by atoms with E-state index in [0.29, 0.717) is 12.5 Å². The van der Waals surface area contributed by atoms with Gasteiger partial charge in [0.05, 0.1) is 0 Å². The van der Waals surface area contributed by atoms with Crippen LogP contribution in [0.5, 0.6) is 0 Å².